The van der Waals surface area contributed by atoms with Gasteiger partial charge in [0.1, 0.15) is 11.8 Å². The molecule has 11 heteroatoms. The molecule has 1 fully saturated rings. The molecule has 2 amide bonds. The second-order valence-electron chi connectivity index (χ2n) is 10.7. The molecule has 0 bridgehead atoms. The Kier molecular flexibility index (Phi) is 8.94. The van der Waals surface area contributed by atoms with Crippen molar-refractivity contribution in [3.05, 3.63) is 107 Å². The summed E-state index contributed by atoms with van der Waals surface area (Å²) in [5, 5.41) is 11.8. The zero-order valence-corrected chi connectivity index (χ0v) is 25.5. The van der Waals surface area contributed by atoms with Gasteiger partial charge in [0.25, 0.3) is 11.8 Å². The van der Waals surface area contributed by atoms with Crippen LogP contribution in [-0.4, -0.2) is 64.4 Å². The van der Waals surface area contributed by atoms with E-state index in [0.29, 0.717) is 60.1 Å². The number of hydrogen-bond acceptors (Lipinski definition) is 8. The number of morpholine rings is 1. The number of aryl methyl sites for hydroxylation is 1. The van der Waals surface area contributed by atoms with E-state index in [-0.39, 0.29) is 18.4 Å². The molecule has 3 heterocycles. The van der Waals surface area contributed by atoms with Gasteiger partial charge >= 0.3 is 0 Å². The van der Waals surface area contributed by atoms with Crippen LogP contribution in [0.15, 0.2) is 95.3 Å². The molecule has 0 radical (unpaired) electrons. The third-order valence-corrected chi connectivity index (χ3v) is 8.40. The number of carbonyl (C=O) groups excluding carboxylic acids is 2. The van der Waals surface area contributed by atoms with Gasteiger partial charge in [0.2, 0.25) is 11.1 Å². The highest BCUT2D eigenvalue weighted by Crippen LogP contribution is 2.37. The second-order valence-corrected chi connectivity index (χ2v) is 11.6. The van der Waals surface area contributed by atoms with Crippen LogP contribution in [0.5, 0.6) is 5.75 Å². The van der Waals surface area contributed by atoms with E-state index < -0.39 is 6.04 Å². The minimum atomic E-state index is -0.543. The Morgan fingerprint density at radius 1 is 1.02 bits per heavy atom. The SMILES string of the molecule is CC1=C(C(=O)Nc2cccc(C)c2)C(c2ccc(OCC(=O)N3CCOCC3)cc2)n2nc(SCc3ccccc3)nc2N1. The minimum Gasteiger partial charge on any atom is -0.484 e. The highest BCUT2D eigenvalue weighted by molar-refractivity contribution is 7.98. The molecule has 2 aliphatic rings. The number of benzene rings is 3. The maximum absolute atomic E-state index is 13.8. The zero-order valence-electron chi connectivity index (χ0n) is 24.7. The average molecular weight is 611 g/mol. The van der Waals surface area contributed by atoms with Gasteiger partial charge in [-0.2, -0.15) is 4.98 Å². The van der Waals surface area contributed by atoms with Crippen molar-refractivity contribution in [2.24, 2.45) is 0 Å². The van der Waals surface area contributed by atoms with Crippen molar-refractivity contribution in [1.29, 1.82) is 0 Å². The molecule has 2 aliphatic heterocycles. The van der Waals surface area contributed by atoms with Crippen LogP contribution in [0, 0.1) is 6.92 Å². The minimum absolute atomic E-state index is 0.0505. The lowest BCUT2D eigenvalue weighted by atomic mass is 9.95. The van der Waals surface area contributed by atoms with Crippen molar-refractivity contribution in [2.75, 3.05) is 43.5 Å². The smallest absolute Gasteiger partial charge is 0.260 e. The van der Waals surface area contributed by atoms with Crippen molar-refractivity contribution in [1.82, 2.24) is 19.7 Å². The number of nitrogens with zero attached hydrogens (tertiary/aromatic N) is 4. The fraction of sp³-hybridized carbons (Fsp3) is 0.273. The van der Waals surface area contributed by atoms with Crippen LogP contribution < -0.4 is 15.4 Å². The van der Waals surface area contributed by atoms with Crippen LogP contribution in [0.4, 0.5) is 11.6 Å². The second kappa shape index (κ2) is 13.4. The van der Waals surface area contributed by atoms with Crippen molar-refractivity contribution in [3.63, 3.8) is 0 Å². The summed E-state index contributed by atoms with van der Waals surface area (Å²) < 4.78 is 12.9. The predicted octanol–water partition coefficient (Wildman–Crippen LogP) is 5.04. The van der Waals surface area contributed by atoms with Gasteiger partial charge in [-0.05, 0) is 54.8 Å². The van der Waals surface area contributed by atoms with Crippen LogP contribution in [0.25, 0.3) is 0 Å². The molecule has 44 heavy (non-hydrogen) atoms. The van der Waals surface area contributed by atoms with Crippen molar-refractivity contribution >= 4 is 35.2 Å². The van der Waals surface area contributed by atoms with Gasteiger partial charge < -0.3 is 25.0 Å². The number of ether oxygens (including phenoxy) is 2. The summed E-state index contributed by atoms with van der Waals surface area (Å²) in [6.07, 6.45) is 0. The number of allylic oxidation sites excluding steroid dienone is 1. The lowest BCUT2D eigenvalue weighted by Gasteiger charge is -2.29. The summed E-state index contributed by atoms with van der Waals surface area (Å²) in [5.41, 5.74) is 4.98. The highest BCUT2D eigenvalue weighted by Gasteiger charge is 2.34. The van der Waals surface area contributed by atoms with E-state index in [0.717, 1.165) is 16.9 Å². The summed E-state index contributed by atoms with van der Waals surface area (Å²) in [4.78, 5) is 32.9. The molecule has 0 aliphatic carbocycles. The number of rotatable bonds is 9. The molecule has 3 aromatic carbocycles. The first-order chi connectivity index (χ1) is 21.4. The normalized spacial score (nSPS) is 16.2. The molecule has 2 N–H and O–H groups in total. The van der Waals surface area contributed by atoms with Crippen molar-refractivity contribution < 1.29 is 19.1 Å². The lowest BCUT2D eigenvalue weighted by Crippen LogP contribution is -2.42. The zero-order chi connectivity index (χ0) is 30.5. The van der Waals surface area contributed by atoms with Gasteiger partial charge in [0.15, 0.2) is 6.61 Å². The monoisotopic (exact) mass is 610 g/mol. The molecule has 6 rings (SSSR count). The van der Waals surface area contributed by atoms with E-state index in [1.807, 2.05) is 80.6 Å². The van der Waals surface area contributed by atoms with Crippen LogP contribution in [-0.2, 0) is 20.1 Å². The van der Waals surface area contributed by atoms with E-state index in [1.165, 1.54) is 17.3 Å². The fourth-order valence-corrected chi connectivity index (χ4v) is 6.02. The molecule has 1 unspecified atom stereocenters. The standard InChI is InChI=1S/C33H34N6O4S/c1-22-7-6-10-26(19-22)35-31(41)29-23(2)34-32-36-33(44-21-24-8-4-3-5-9-24)37-39(32)30(29)25-11-13-27(14-12-25)43-20-28(40)38-15-17-42-18-16-38/h3-14,19,30H,15-18,20-21H2,1-2H3,(H,35,41)(H,34,36,37). The van der Waals surface area contributed by atoms with Gasteiger partial charge in [-0.3, -0.25) is 9.59 Å². The lowest BCUT2D eigenvalue weighted by molar-refractivity contribution is -0.137. The van der Waals surface area contributed by atoms with Crippen LogP contribution in [0.3, 0.4) is 0 Å². The number of hydrogen-bond donors (Lipinski definition) is 2. The Labute approximate surface area is 260 Å². The molecule has 1 atom stereocenters. The Hall–Kier alpha value is -4.61. The molecule has 0 spiro atoms. The molecule has 226 valence electrons. The summed E-state index contributed by atoms with van der Waals surface area (Å²) >= 11 is 1.54. The molecule has 10 nitrogen and oxygen atoms in total. The van der Waals surface area contributed by atoms with Gasteiger partial charge in [-0.15, -0.1) is 5.10 Å². The Balaban J connectivity index is 1.26. The molecular weight excluding hydrogens is 576 g/mol. The molecule has 1 aromatic heterocycles. The molecular formula is C33H34N6O4S. The number of anilines is 2. The number of aromatic nitrogens is 3. The summed E-state index contributed by atoms with van der Waals surface area (Å²) in [6, 6.07) is 24.8. The number of amides is 2. The maximum atomic E-state index is 13.8. The molecule has 0 saturated carbocycles. The first kappa shape index (κ1) is 29.5. The fourth-order valence-electron chi connectivity index (χ4n) is 5.23. The van der Waals surface area contributed by atoms with Crippen molar-refractivity contribution in [2.45, 2.75) is 30.8 Å². The highest BCUT2D eigenvalue weighted by atomic mass is 32.2. The number of nitrogens with one attached hydrogen (secondary N) is 2. The van der Waals surface area contributed by atoms with Crippen molar-refractivity contribution in [3.8, 4) is 5.75 Å². The Morgan fingerprint density at radius 3 is 2.55 bits per heavy atom. The van der Waals surface area contributed by atoms with Gasteiger partial charge in [-0.25, -0.2) is 4.68 Å². The summed E-state index contributed by atoms with van der Waals surface area (Å²) in [5.74, 6) is 1.54. The van der Waals surface area contributed by atoms with Gasteiger partial charge in [0.05, 0.1) is 18.8 Å². The van der Waals surface area contributed by atoms with Crippen LogP contribution in [0.2, 0.25) is 0 Å². The van der Waals surface area contributed by atoms with E-state index in [2.05, 4.69) is 22.8 Å². The number of fused-ring (bicyclic) bond motifs is 1. The van der Waals surface area contributed by atoms with Crippen LogP contribution in [0.1, 0.15) is 29.7 Å². The average Bonchev–Trinajstić information content (AvgIpc) is 3.45. The van der Waals surface area contributed by atoms with E-state index in [1.54, 1.807) is 9.58 Å². The van der Waals surface area contributed by atoms with Crippen LogP contribution >= 0.6 is 11.8 Å². The van der Waals surface area contributed by atoms with E-state index in [4.69, 9.17) is 19.6 Å². The summed E-state index contributed by atoms with van der Waals surface area (Å²) in [7, 11) is 0. The topological polar surface area (TPSA) is 111 Å². The molecule has 1 saturated heterocycles. The predicted molar refractivity (Wildman–Crippen MR) is 170 cm³/mol. The van der Waals surface area contributed by atoms with Gasteiger partial charge in [-0.1, -0.05) is 66.4 Å². The largest absolute Gasteiger partial charge is 0.484 e. The summed E-state index contributed by atoms with van der Waals surface area (Å²) in [6.45, 7) is 6.04. The third-order valence-electron chi connectivity index (χ3n) is 7.49. The first-order valence-electron chi connectivity index (χ1n) is 14.5. The molecule has 4 aromatic rings. The number of carbonyl (C=O) groups is 2. The number of thioether (sulfide) groups is 1. The maximum Gasteiger partial charge on any atom is 0.260 e. The van der Waals surface area contributed by atoms with Gasteiger partial charge in [0, 0.05) is 30.2 Å². The van der Waals surface area contributed by atoms with E-state index >= 15 is 0 Å². The Bertz CT molecular complexity index is 1670. The first-order valence-corrected chi connectivity index (χ1v) is 15.5. The third kappa shape index (κ3) is 6.79. The quantitative estimate of drug-likeness (QED) is 0.254. The Morgan fingerprint density at radius 2 is 1.80 bits per heavy atom. The van der Waals surface area contributed by atoms with E-state index in [9.17, 15) is 9.59 Å².